The molecular weight excluding hydrogens is 508 g/mol. The van der Waals surface area contributed by atoms with Gasteiger partial charge in [0.15, 0.2) is 0 Å². The lowest BCUT2D eigenvalue weighted by atomic mass is 9.99. The van der Waals surface area contributed by atoms with Gasteiger partial charge in [0.05, 0.1) is 16.4 Å². The van der Waals surface area contributed by atoms with E-state index < -0.39 is 0 Å². The van der Waals surface area contributed by atoms with Gasteiger partial charge in [0.2, 0.25) is 5.91 Å². The van der Waals surface area contributed by atoms with E-state index in [1.54, 1.807) is 22.3 Å². The van der Waals surface area contributed by atoms with Gasteiger partial charge in [-0.25, -0.2) is 0 Å². The van der Waals surface area contributed by atoms with Crippen molar-refractivity contribution in [2.24, 2.45) is 0 Å². The van der Waals surface area contributed by atoms with Crippen molar-refractivity contribution in [1.29, 1.82) is 0 Å². The van der Waals surface area contributed by atoms with E-state index in [9.17, 15) is 4.79 Å². The van der Waals surface area contributed by atoms with Crippen molar-refractivity contribution < 1.29 is 4.79 Å². The number of hydrogen-bond donors (Lipinski definition) is 1. The van der Waals surface area contributed by atoms with Gasteiger partial charge in [0.1, 0.15) is 6.17 Å². The van der Waals surface area contributed by atoms with Gasteiger partial charge in [-0.05, 0) is 101 Å². The number of carbonyl (C=O) groups is 1. The number of carbonyl (C=O) groups excluding carboxylic acids is 1. The van der Waals surface area contributed by atoms with Crippen molar-refractivity contribution in [1.82, 2.24) is 20.0 Å². The molecule has 1 unspecified atom stereocenters. The zero-order chi connectivity index (χ0) is 25.1. The Morgan fingerprint density at radius 1 is 1.38 bits per heavy atom. The summed E-state index contributed by atoms with van der Waals surface area (Å²) in [6.07, 6.45) is 12.2. The summed E-state index contributed by atoms with van der Waals surface area (Å²) in [4.78, 5) is 14.1. The van der Waals surface area contributed by atoms with E-state index in [0.717, 1.165) is 47.1 Å². The second-order valence-electron chi connectivity index (χ2n) is 8.42. The summed E-state index contributed by atoms with van der Waals surface area (Å²) in [6.45, 7) is 14.2. The van der Waals surface area contributed by atoms with Gasteiger partial charge >= 0.3 is 0 Å². The molecule has 5 nitrogen and oxygen atoms in total. The molecule has 0 radical (unpaired) electrons. The third kappa shape index (κ3) is 8.53. The van der Waals surface area contributed by atoms with Crippen LogP contribution in [-0.2, 0) is 4.79 Å². The largest absolute Gasteiger partial charge is 0.342 e. The summed E-state index contributed by atoms with van der Waals surface area (Å²) < 4.78 is 3.00. The lowest BCUT2D eigenvalue weighted by Gasteiger charge is -2.23. The maximum atomic E-state index is 12.4. The molecule has 2 aromatic rings. The highest BCUT2D eigenvalue weighted by Crippen LogP contribution is 2.25. The third-order valence-electron chi connectivity index (χ3n) is 5.83. The van der Waals surface area contributed by atoms with Crippen LogP contribution in [0.4, 0.5) is 0 Å². The normalized spacial score (nSPS) is 13.5. The maximum absolute atomic E-state index is 12.4. The molecule has 184 valence electrons. The smallest absolute Gasteiger partial charge is 0.246 e. The van der Waals surface area contributed by atoms with Crippen LogP contribution < -0.4 is 5.32 Å². The van der Waals surface area contributed by atoms with Gasteiger partial charge < -0.3 is 4.90 Å². The van der Waals surface area contributed by atoms with Crippen molar-refractivity contribution in [2.45, 2.75) is 53.1 Å². The van der Waals surface area contributed by atoms with Crippen LogP contribution in [0.3, 0.4) is 0 Å². The fourth-order valence-electron chi connectivity index (χ4n) is 3.41. The van der Waals surface area contributed by atoms with Crippen molar-refractivity contribution in [3.63, 3.8) is 0 Å². The first kappa shape index (κ1) is 28.0. The fourth-order valence-corrected chi connectivity index (χ4v) is 4.31. The standard InChI is InChI=1S/C27H37BrN4OS/c1-7-8-10-20(2)22(4)21(3)17-26(32-23(5)25(28)18-30-32)29-14-9-15-31(6)27(33)12-11-24-13-16-34-19-24/h8,10-13,16,18-19,26,29H,3,7,9,14-15,17H2,1-2,4-6H3/b10-8-,12-11+,22-20+. The van der Waals surface area contributed by atoms with Gasteiger partial charge in [-0.3, -0.25) is 14.8 Å². The van der Waals surface area contributed by atoms with E-state index in [-0.39, 0.29) is 12.1 Å². The number of allylic oxidation sites excluding steroid dienone is 4. The molecule has 34 heavy (non-hydrogen) atoms. The topological polar surface area (TPSA) is 50.2 Å². The lowest BCUT2D eigenvalue weighted by molar-refractivity contribution is -0.124. The molecule has 0 aliphatic rings. The summed E-state index contributed by atoms with van der Waals surface area (Å²) in [6, 6.07) is 2.00. The predicted octanol–water partition coefficient (Wildman–Crippen LogP) is 6.91. The molecule has 7 heteroatoms. The molecule has 1 atom stereocenters. The van der Waals surface area contributed by atoms with Gasteiger partial charge in [-0.1, -0.05) is 25.7 Å². The SMILES string of the molecule is C=C(CC(NCCCN(C)C(=O)/C=C/c1ccsc1)n1ncc(Br)c1C)/C(C)=C(C)/C=C\CC. The van der Waals surface area contributed by atoms with Crippen LogP contribution in [0.2, 0.25) is 0 Å². The van der Waals surface area contributed by atoms with E-state index in [4.69, 9.17) is 0 Å². The molecule has 0 fully saturated rings. The highest BCUT2D eigenvalue weighted by molar-refractivity contribution is 9.10. The van der Waals surface area contributed by atoms with E-state index in [0.29, 0.717) is 6.54 Å². The molecule has 0 bridgehead atoms. The molecule has 2 rings (SSSR count). The Hall–Kier alpha value is -2.22. The average molecular weight is 546 g/mol. The molecule has 2 aromatic heterocycles. The van der Waals surface area contributed by atoms with Crippen molar-refractivity contribution in [3.8, 4) is 0 Å². The molecule has 0 aliphatic heterocycles. The molecule has 0 saturated heterocycles. The Bertz CT molecular complexity index is 1030. The van der Waals surface area contributed by atoms with Crippen molar-refractivity contribution in [2.75, 3.05) is 20.1 Å². The maximum Gasteiger partial charge on any atom is 0.246 e. The zero-order valence-corrected chi connectivity index (χ0v) is 23.4. The fraction of sp³-hybridized carbons (Fsp3) is 0.407. The van der Waals surface area contributed by atoms with Crippen LogP contribution in [0.15, 0.2) is 69.0 Å². The van der Waals surface area contributed by atoms with Crippen LogP contribution in [0.25, 0.3) is 6.08 Å². The minimum absolute atomic E-state index is 0.0133. The van der Waals surface area contributed by atoms with Gasteiger partial charge in [-0.2, -0.15) is 16.4 Å². The minimum atomic E-state index is -0.0174. The number of hydrogen-bond acceptors (Lipinski definition) is 4. The van der Waals surface area contributed by atoms with Crippen molar-refractivity contribution in [3.05, 3.63) is 80.3 Å². The van der Waals surface area contributed by atoms with E-state index in [1.807, 2.05) is 40.8 Å². The second kappa shape index (κ2) is 14.2. The number of aromatic nitrogens is 2. The quantitative estimate of drug-likeness (QED) is 0.169. The van der Waals surface area contributed by atoms with Gasteiger partial charge in [-0.15, -0.1) is 0 Å². The Labute approximate surface area is 217 Å². The molecule has 0 aliphatic carbocycles. The first-order chi connectivity index (χ1) is 16.2. The van der Waals surface area contributed by atoms with Gasteiger partial charge in [0, 0.05) is 26.1 Å². The van der Waals surface area contributed by atoms with Crippen molar-refractivity contribution >= 4 is 39.2 Å². The number of likely N-dealkylation sites (N-methyl/N-ethyl adjacent to an activating group) is 1. The minimum Gasteiger partial charge on any atom is -0.342 e. The number of rotatable bonds is 13. The molecule has 2 heterocycles. The zero-order valence-electron chi connectivity index (χ0n) is 21.0. The number of thiophene rings is 1. The van der Waals surface area contributed by atoms with Gasteiger partial charge in [0.25, 0.3) is 0 Å². The molecular formula is C27H37BrN4OS. The van der Waals surface area contributed by atoms with Crippen LogP contribution in [0, 0.1) is 6.92 Å². The molecule has 0 saturated carbocycles. The Morgan fingerprint density at radius 3 is 2.76 bits per heavy atom. The van der Waals surface area contributed by atoms with Crippen LogP contribution >= 0.6 is 27.3 Å². The van der Waals surface area contributed by atoms with E-state index in [1.165, 1.54) is 11.1 Å². The average Bonchev–Trinajstić information content (AvgIpc) is 3.47. The summed E-state index contributed by atoms with van der Waals surface area (Å²) in [5.74, 6) is 0.0133. The molecule has 1 amide bonds. The first-order valence-corrected chi connectivity index (χ1v) is 13.4. The molecule has 0 spiro atoms. The van der Waals surface area contributed by atoms with Crippen LogP contribution in [-0.4, -0.2) is 40.7 Å². The summed E-state index contributed by atoms with van der Waals surface area (Å²) in [5, 5.41) is 12.2. The summed E-state index contributed by atoms with van der Waals surface area (Å²) in [5.41, 5.74) is 5.66. The van der Waals surface area contributed by atoms with E-state index >= 15 is 0 Å². The lowest BCUT2D eigenvalue weighted by Crippen LogP contribution is -2.32. The Kier molecular flexibility index (Phi) is 11.7. The molecule has 0 aromatic carbocycles. The van der Waals surface area contributed by atoms with Crippen LogP contribution in [0.5, 0.6) is 0 Å². The Morgan fingerprint density at radius 2 is 2.15 bits per heavy atom. The third-order valence-corrected chi connectivity index (χ3v) is 7.31. The monoisotopic (exact) mass is 544 g/mol. The highest BCUT2D eigenvalue weighted by atomic mass is 79.9. The first-order valence-electron chi connectivity index (χ1n) is 11.6. The summed E-state index contributed by atoms with van der Waals surface area (Å²) >= 11 is 5.20. The number of halogens is 1. The van der Waals surface area contributed by atoms with Crippen LogP contribution in [0.1, 0.15) is 57.5 Å². The second-order valence-corrected chi connectivity index (χ2v) is 10.1. The molecule has 1 N–H and O–H groups in total. The highest BCUT2D eigenvalue weighted by Gasteiger charge is 2.17. The number of nitrogens with zero attached hydrogens (tertiary/aromatic N) is 3. The van der Waals surface area contributed by atoms with E-state index in [2.05, 4.69) is 72.8 Å². The number of nitrogens with one attached hydrogen (secondary N) is 1. The Balaban J connectivity index is 1.97. The number of amides is 1. The predicted molar refractivity (Wildman–Crippen MR) is 149 cm³/mol. The summed E-state index contributed by atoms with van der Waals surface area (Å²) in [7, 11) is 1.84.